The van der Waals surface area contributed by atoms with E-state index in [1.54, 1.807) is 12.1 Å². The maximum Gasteiger partial charge on any atom is 0.253 e. The normalized spacial score (nSPS) is 12.5. The Morgan fingerprint density at radius 2 is 2.08 bits per heavy atom. The zero-order valence-corrected chi connectivity index (χ0v) is 13.4. The summed E-state index contributed by atoms with van der Waals surface area (Å²) < 4.78 is 17.7. The number of hydrogen-bond acceptors (Lipinski definition) is 4. The summed E-state index contributed by atoms with van der Waals surface area (Å²) in [5.41, 5.74) is 7.11. The summed E-state index contributed by atoms with van der Waals surface area (Å²) in [6, 6.07) is 12.7. The first kappa shape index (κ1) is 17.6. The lowest BCUT2D eigenvalue weighted by Gasteiger charge is -2.14. The molecule has 6 heteroatoms. The Bertz CT molecular complexity index is 687. The van der Waals surface area contributed by atoms with Gasteiger partial charge in [-0.15, -0.1) is 0 Å². The van der Waals surface area contributed by atoms with Gasteiger partial charge in [-0.25, -0.2) is 9.37 Å². The summed E-state index contributed by atoms with van der Waals surface area (Å²) in [5, 5.41) is 2.91. The van der Waals surface area contributed by atoms with Crippen LogP contribution in [0.1, 0.15) is 28.9 Å². The number of halogens is 1. The van der Waals surface area contributed by atoms with Crippen molar-refractivity contribution in [2.75, 3.05) is 13.2 Å². The monoisotopic (exact) mass is 329 g/mol. The van der Waals surface area contributed by atoms with Gasteiger partial charge in [0.25, 0.3) is 5.91 Å². The molecule has 0 spiro atoms. The summed E-state index contributed by atoms with van der Waals surface area (Å²) in [6.45, 7) is 2.01. The van der Waals surface area contributed by atoms with Crippen molar-refractivity contribution in [3.63, 3.8) is 0 Å². The fourth-order valence-corrected chi connectivity index (χ4v) is 2.01. The number of nitrogens with two attached hydrogens (primary N) is 1. The summed E-state index contributed by atoms with van der Waals surface area (Å²) in [5.74, 6) is 0.0761. The quantitative estimate of drug-likeness (QED) is 0.819. The molecule has 0 aliphatic heterocycles. The number of nitrogens with one attached hydrogen (secondary N) is 1. The summed E-state index contributed by atoms with van der Waals surface area (Å²) >= 11 is 0. The molecule has 1 amide bonds. The van der Waals surface area contributed by atoms with E-state index >= 15 is 0 Å². The van der Waals surface area contributed by atoms with Crippen molar-refractivity contribution in [3.05, 3.63) is 71.7 Å². The number of ether oxygens (including phenoxy) is 1. The van der Waals surface area contributed by atoms with Gasteiger partial charge in [-0.1, -0.05) is 30.3 Å². The summed E-state index contributed by atoms with van der Waals surface area (Å²) in [6.07, 6.45) is 1.84. The van der Waals surface area contributed by atoms with Gasteiger partial charge in [-0.05, 0) is 18.6 Å². The third-order valence-corrected chi connectivity index (χ3v) is 3.47. The highest BCUT2D eigenvalue weighted by Gasteiger charge is 2.11. The molecule has 0 saturated carbocycles. The Morgan fingerprint density at radius 3 is 2.67 bits per heavy atom. The van der Waals surface area contributed by atoms with Crippen LogP contribution in [0.15, 0.2) is 60.6 Å². The van der Waals surface area contributed by atoms with E-state index in [-0.39, 0.29) is 25.1 Å². The van der Waals surface area contributed by atoms with E-state index < -0.39 is 0 Å². The van der Waals surface area contributed by atoms with Gasteiger partial charge in [0.2, 0.25) is 5.88 Å². The van der Waals surface area contributed by atoms with Crippen LogP contribution in [-0.4, -0.2) is 24.0 Å². The molecule has 24 heavy (non-hydrogen) atoms. The Morgan fingerprint density at radius 1 is 1.33 bits per heavy atom. The molecule has 0 fully saturated rings. The summed E-state index contributed by atoms with van der Waals surface area (Å²) in [7, 11) is 0. The molecule has 3 N–H and O–H groups in total. The summed E-state index contributed by atoms with van der Waals surface area (Å²) in [4.78, 5) is 16.3. The van der Waals surface area contributed by atoms with E-state index in [0.29, 0.717) is 23.3 Å². The number of amides is 1. The molecule has 2 rings (SSSR count). The molecule has 1 aromatic carbocycles. The first-order chi connectivity index (χ1) is 11.6. The average Bonchev–Trinajstić information content (AvgIpc) is 2.63. The molecule has 0 aliphatic carbocycles. The molecule has 1 atom stereocenters. The molecule has 126 valence electrons. The largest absolute Gasteiger partial charge is 0.473 e. The molecular formula is C18H20FN3O2. The second-order valence-electron chi connectivity index (χ2n) is 5.25. The molecular weight excluding hydrogens is 309 g/mol. The van der Waals surface area contributed by atoms with Gasteiger partial charge in [-0.3, -0.25) is 4.79 Å². The number of nitrogens with zero attached hydrogens (tertiary/aromatic N) is 1. The van der Waals surface area contributed by atoms with E-state index in [9.17, 15) is 9.18 Å². The van der Waals surface area contributed by atoms with Gasteiger partial charge < -0.3 is 15.8 Å². The van der Waals surface area contributed by atoms with Crippen LogP contribution in [0.25, 0.3) is 0 Å². The highest BCUT2D eigenvalue weighted by molar-refractivity contribution is 5.94. The minimum Gasteiger partial charge on any atom is -0.473 e. The lowest BCUT2D eigenvalue weighted by molar-refractivity contribution is 0.0939. The van der Waals surface area contributed by atoms with E-state index in [0.717, 1.165) is 5.56 Å². The fraction of sp³-hybridized carbons (Fsp3) is 0.222. The van der Waals surface area contributed by atoms with Crippen LogP contribution in [0.3, 0.4) is 0 Å². The average molecular weight is 329 g/mol. The predicted molar refractivity (Wildman–Crippen MR) is 90.3 cm³/mol. The van der Waals surface area contributed by atoms with Crippen LogP contribution in [-0.2, 0) is 0 Å². The third kappa shape index (κ3) is 4.89. The van der Waals surface area contributed by atoms with Gasteiger partial charge in [-0.2, -0.15) is 0 Å². The predicted octanol–water partition coefficient (Wildman–Crippen LogP) is 2.76. The molecule has 0 radical (unpaired) electrons. The fourth-order valence-electron chi connectivity index (χ4n) is 2.01. The second-order valence-corrected chi connectivity index (χ2v) is 5.25. The molecule has 0 bridgehead atoms. The van der Waals surface area contributed by atoms with Crippen molar-refractivity contribution in [2.45, 2.75) is 13.0 Å². The van der Waals surface area contributed by atoms with E-state index in [1.807, 2.05) is 37.3 Å². The number of carbonyl (C=O) groups is 1. The number of hydrogen-bond donors (Lipinski definition) is 2. The SMILES string of the molecule is C[C@H](NC(=O)c1ccc(OC/C(=C/F)CN)nc1)c1ccccc1. The van der Waals surface area contributed by atoms with Gasteiger partial charge in [0, 0.05) is 24.4 Å². The third-order valence-electron chi connectivity index (χ3n) is 3.47. The number of rotatable bonds is 7. The molecule has 1 heterocycles. The minimum atomic E-state index is -0.225. The number of carbonyl (C=O) groups excluding carboxylic acids is 1. The molecule has 1 aromatic heterocycles. The topological polar surface area (TPSA) is 77.2 Å². The smallest absolute Gasteiger partial charge is 0.253 e. The Kier molecular flexibility index (Phi) is 6.45. The maximum atomic E-state index is 12.4. The Balaban J connectivity index is 1.93. The minimum absolute atomic E-state index is 0.0244. The number of aromatic nitrogens is 1. The zero-order valence-electron chi connectivity index (χ0n) is 13.4. The van der Waals surface area contributed by atoms with Crippen molar-refractivity contribution < 1.29 is 13.9 Å². The molecule has 5 nitrogen and oxygen atoms in total. The molecule has 0 saturated heterocycles. The number of benzene rings is 1. The van der Waals surface area contributed by atoms with E-state index in [4.69, 9.17) is 10.5 Å². The second kappa shape index (κ2) is 8.79. The lowest BCUT2D eigenvalue weighted by atomic mass is 10.1. The maximum absolute atomic E-state index is 12.4. The van der Waals surface area contributed by atoms with Crippen LogP contribution < -0.4 is 15.8 Å². The number of pyridine rings is 1. The standard InChI is InChI=1S/C18H20FN3O2/c1-13(15-5-3-2-4-6-15)22-18(23)16-7-8-17(21-11-16)24-12-14(9-19)10-20/h2-9,11,13H,10,12,20H2,1H3,(H,22,23)/b14-9+/t13-/m0/s1. The van der Waals surface area contributed by atoms with Crippen molar-refractivity contribution >= 4 is 5.91 Å². The first-order valence-corrected chi connectivity index (χ1v) is 7.57. The van der Waals surface area contributed by atoms with Gasteiger partial charge in [0.1, 0.15) is 6.61 Å². The van der Waals surface area contributed by atoms with Crippen molar-refractivity contribution in [1.29, 1.82) is 0 Å². The lowest BCUT2D eigenvalue weighted by Crippen LogP contribution is -2.26. The highest BCUT2D eigenvalue weighted by Crippen LogP contribution is 2.13. The van der Waals surface area contributed by atoms with Crippen LogP contribution in [0.2, 0.25) is 0 Å². The van der Waals surface area contributed by atoms with Crippen LogP contribution in [0.5, 0.6) is 5.88 Å². The molecule has 2 aromatic rings. The van der Waals surface area contributed by atoms with Gasteiger partial charge in [0.05, 0.1) is 17.9 Å². The first-order valence-electron chi connectivity index (χ1n) is 7.57. The highest BCUT2D eigenvalue weighted by atomic mass is 19.1. The zero-order chi connectivity index (χ0) is 17.4. The molecule has 0 aliphatic rings. The van der Waals surface area contributed by atoms with Crippen LogP contribution >= 0.6 is 0 Å². The van der Waals surface area contributed by atoms with Crippen LogP contribution in [0.4, 0.5) is 4.39 Å². The van der Waals surface area contributed by atoms with Crippen molar-refractivity contribution in [3.8, 4) is 5.88 Å². The molecule has 0 unspecified atom stereocenters. The van der Waals surface area contributed by atoms with Gasteiger partial charge in [0.15, 0.2) is 0 Å². The van der Waals surface area contributed by atoms with Crippen LogP contribution in [0, 0.1) is 0 Å². The van der Waals surface area contributed by atoms with E-state index in [1.165, 1.54) is 6.20 Å². The van der Waals surface area contributed by atoms with Crippen molar-refractivity contribution in [1.82, 2.24) is 10.3 Å². The Labute approximate surface area is 140 Å². The Hall–Kier alpha value is -2.73. The van der Waals surface area contributed by atoms with Crippen molar-refractivity contribution in [2.24, 2.45) is 5.73 Å². The van der Waals surface area contributed by atoms with Gasteiger partial charge >= 0.3 is 0 Å². The van der Waals surface area contributed by atoms with E-state index in [2.05, 4.69) is 10.3 Å².